The van der Waals surface area contributed by atoms with Crippen LogP contribution in [0.25, 0.3) is 5.69 Å². The molecule has 3 aliphatic heterocycles. The van der Waals surface area contributed by atoms with Gasteiger partial charge in [0.2, 0.25) is 5.91 Å². The molecule has 1 aromatic heterocycles. The maximum atomic E-state index is 13.8. The van der Waals surface area contributed by atoms with Crippen LogP contribution >= 0.6 is 0 Å². The second kappa shape index (κ2) is 7.33. The lowest BCUT2D eigenvalue weighted by Gasteiger charge is -2.29. The van der Waals surface area contributed by atoms with Crippen molar-refractivity contribution in [2.45, 2.75) is 31.6 Å². The van der Waals surface area contributed by atoms with E-state index < -0.39 is 35.6 Å². The van der Waals surface area contributed by atoms with E-state index in [1.807, 2.05) is 68.5 Å². The van der Waals surface area contributed by atoms with Crippen molar-refractivity contribution in [1.82, 2.24) is 25.1 Å². The molecule has 0 radical (unpaired) electrons. The van der Waals surface area contributed by atoms with Crippen LogP contribution in [0.5, 0.6) is 0 Å². The van der Waals surface area contributed by atoms with Gasteiger partial charge in [0.1, 0.15) is 17.6 Å². The van der Waals surface area contributed by atoms with Crippen molar-refractivity contribution in [1.29, 1.82) is 0 Å². The topological polar surface area (TPSA) is 110 Å². The summed E-state index contributed by atoms with van der Waals surface area (Å²) in [5.41, 5.74) is 2.74. The minimum atomic E-state index is -1.02. The molecule has 2 fully saturated rings. The molecule has 0 unspecified atom stereocenters. The molecule has 34 heavy (non-hydrogen) atoms. The minimum Gasteiger partial charge on any atom is -0.481 e. The first-order valence-corrected chi connectivity index (χ1v) is 11.2. The first-order valence-electron chi connectivity index (χ1n) is 11.2. The zero-order valence-electron chi connectivity index (χ0n) is 18.7. The lowest BCUT2D eigenvalue weighted by atomic mass is 9.77. The molecule has 3 aromatic rings. The molecule has 2 saturated heterocycles. The molecule has 1 N–H and O–H groups in total. The van der Waals surface area contributed by atoms with E-state index in [-0.39, 0.29) is 12.5 Å². The number of fused-ring (bicyclic) bond motifs is 1. The molecule has 0 saturated carbocycles. The summed E-state index contributed by atoms with van der Waals surface area (Å²) in [6, 6.07) is 14.9. The van der Waals surface area contributed by atoms with E-state index in [4.69, 9.17) is 4.74 Å². The number of ether oxygens (including phenoxy) is 1. The second-order valence-electron chi connectivity index (χ2n) is 9.21. The van der Waals surface area contributed by atoms with E-state index in [1.54, 1.807) is 15.7 Å². The molecule has 3 aliphatic rings. The van der Waals surface area contributed by atoms with Gasteiger partial charge in [0.25, 0.3) is 0 Å². The molecule has 1 spiro atoms. The van der Waals surface area contributed by atoms with Crippen LogP contribution in [0, 0.1) is 25.7 Å². The highest BCUT2D eigenvalue weighted by atomic mass is 16.5. The maximum absolute atomic E-state index is 13.8. The molecule has 4 heterocycles. The van der Waals surface area contributed by atoms with E-state index in [0.29, 0.717) is 5.82 Å². The fraction of sp³-hybridized carbons (Fsp3) is 0.320. The third kappa shape index (κ3) is 2.80. The summed E-state index contributed by atoms with van der Waals surface area (Å²) in [7, 11) is 0. The van der Waals surface area contributed by atoms with Crippen LogP contribution in [-0.2, 0) is 14.3 Å². The van der Waals surface area contributed by atoms with Crippen molar-refractivity contribution < 1.29 is 19.4 Å². The van der Waals surface area contributed by atoms with Gasteiger partial charge in [-0.15, -0.1) is 5.10 Å². The number of amides is 1. The number of carboxylic acid groups (broad SMARTS) is 1. The average Bonchev–Trinajstić information content (AvgIpc) is 3.57. The number of rotatable bonds is 5. The predicted molar refractivity (Wildman–Crippen MR) is 120 cm³/mol. The molecule has 6 rings (SSSR count). The third-order valence-corrected chi connectivity index (χ3v) is 7.23. The Bertz CT molecular complexity index is 1320. The van der Waals surface area contributed by atoms with Crippen LogP contribution in [0.4, 0.5) is 0 Å². The van der Waals surface area contributed by atoms with Gasteiger partial charge in [0.05, 0.1) is 24.3 Å². The second-order valence-corrected chi connectivity index (χ2v) is 9.21. The van der Waals surface area contributed by atoms with Crippen LogP contribution in [0.15, 0.2) is 60.7 Å². The van der Waals surface area contributed by atoms with Gasteiger partial charge in [-0.2, -0.15) is 4.68 Å². The Morgan fingerprint density at radius 2 is 1.88 bits per heavy atom. The Hall–Kier alpha value is -3.85. The smallest absolute Gasteiger partial charge is 0.310 e. The van der Waals surface area contributed by atoms with Crippen molar-refractivity contribution in [3.8, 4) is 5.69 Å². The largest absolute Gasteiger partial charge is 0.481 e. The fourth-order valence-electron chi connectivity index (χ4n) is 5.80. The predicted octanol–water partition coefficient (Wildman–Crippen LogP) is 2.24. The lowest BCUT2D eigenvalue weighted by Crippen LogP contribution is -2.39. The summed E-state index contributed by atoms with van der Waals surface area (Å²) in [5.74, 6) is -2.49. The third-order valence-electron chi connectivity index (χ3n) is 7.23. The quantitative estimate of drug-likeness (QED) is 0.585. The van der Waals surface area contributed by atoms with E-state index in [9.17, 15) is 14.7 Å². The molecular weight excluding hydrogens is 434 g/mol. The number of carbonyl (C=O) groups is 2. The summed E-state index contributed by atoms with van der Waals surface area (Å²) < 4.78 is 7.79. The number of aromatic nitrogens is 4. The highest BCUT2D eigenvalue weighted by Crippen LogP contribution is 2.53. The van der Waals surface area contributed by atoms with Crippen LogP contribution in [0.3, 0.4) is 0 Å². The number of hydrogen-bond donors (Lipinski definition) is 1. The standard InChI is InChI=1S/C25H23N5O4/c1-14-7-6-8-15(2)20(14)30-22(26-27-28-30)21(16-9-4-3-5-10-16)29-13-25-12-11-17(34-25)18(24(32)33)19(25)23(29)31/h3-12,17-19,21H,13H2,1-2H3,(H,32,33)/t17-,18+,19+,21-,25-/m1/s1. The average molecular weight is 457 g/mol. The molecule has 5 atom stereocenters. The first-order chi connectivity index (χ1) is 16.4. The molecule has 9 heteroatoms. The lowest BCUT2D eigenvalue weighted by molar-refractivity contribution is -0.148. The SMILES string of the molecule is Cc1cccc(C)c1-n1nnnc1[C@@H](c1ccccc1)N1C[C@@]23C=C[C@@H](O2)[C@H](C(=O)O)[C@H]3C1=O. The summed E-state index contributed by atoms with van der Waals surface area (Å²) in [4.78, 5) is 27.6. The zero-order valence-corrected chi connectivity index (χ0v) is 18.7. The fourth-order valence-corrected chi connectivity index (χ4v) is 5.80. The number of carboxylic acids is 1. The van der Waals surface area contributed by atoms with Gasteiger partial charge < -0.3 is 14.7 Å². The van der Waals surface area contributed by atoms with Crippen LogP contribution in [-0.4, -0.2) is 60.3 Å². The van der Waals surface area contributed by atoms with Crippen LogP contribution in [0.2, 0.25) is 0 Å². The number of benzene rings is 2. The van der Waals surface area contributed by atoms with Crippen LogP contribution in [0.1, 0.15) is 28.6 Å². The van der Waals surface area contributed by atoms with Gasteiger partial charge in [-0.05, 0) is 41.0 Å². The summed E-state index contributed by atoms with van der Waals surface area (Å²) in [5, 5.41) is 22.5. The summed E-state index contributed by atoms with van der Waals surface area (Å²) >= 11 is 0. The van der Waals surface area contributed by atoms with Gasteiger partial charge in [-0.1, -0.05) is 60.7 Å². The Morgan fingerprint density at radius 3 is 2.59 bits per heavy atom. The van der Waals surface area contributed by atoms with Gasteiger partial charge in [0, 0.05) is 0 Å². The van der Waals surface area contributed by atoms with Gasteiger partial charge in [-0.3, -0.25) is 9.59 Å². The number of aryl methyl sites for hydroxylation is 2. The van der Waals surface area contributed by atoms with E-state index in [2.05, 4.69) is 15.5 Å². The number of tetrazole rings is 1. The van der Waals surface area contributed by atoms with Gasteiger partial charge in [0.15, 0.2) is 5.82 Å². The monoisotopic (exact) mass is 457 g/mol. The molecular formula is C25H23N5O4. The van der Waals surface area contributed by atoms with Gasteiger partial charge >= 0.3 is 5.97 Å². The van der Waals surface area contributed by atoms with Crippen molar-refractivity contribution in [2.24, 2.45) is 11.8 Å². The van der Waals surface area contributed by atoms with Crippen LogP contribution < -0.4 is 0 Å². The Labute approximate surface area is 195 Å². The number of carbonyl (C=O) groups excluding carboxylic acids is 1. The van der Waals surface area contributed by atoms with Crippen molar-refractivity contribution in [2.75, 3.05) is 6.54 Å². The van der Waals surface area contributed by atoms with Gasteiger partial charge in [-0.25, -0.2) is 0 Å². The normalized spacial score (nSPS) is 27.9. The number of likely N-dealkylation sites (tertiary alicyclic amines) is 1. The van der Waals surface area contributed by atoms with E-state index in [1.165, 1.54) is 0 Å². The maximum Gasteiger partial charge on any atom is 0.310 e. The number of para-hydroxylation sites is 1. The minimum absolute atomic E-state index is 0.229. The molecule has 172 valence electrons. The summed E-state index contributed by atoms with van der Waals surface area (Å²) in [6.07, 6.45) is 3.05. The molecule has 2 bridgehead atoms. The number of aliphatic carboxylic acids is 1. The molecule has 9 nitrogen and oxygen atoms in total. The van der Waals surface area contributed by atoms with E-state index >= 15 is 0 Å². The number of hydrogen-bond acceptors (Lipinski definition) is 6. The molecule has 1 amide bonds. The Balaban J connectivity index is 1.50. The van der Waals surface area contributed by atoms with E-state index in [0.717, 1.165) is 22.4 Å². The molecule has 2 aromatic carbocycles. The van der Waals surface area contributed by atoms with Crippen molar-refractivity contribution >= 4 is 11.9 Å². The summed E-state index contributed by atoms with van der Waals surface area (Å²) in [6.45, 7) is 4.21. The highest BCUT2D eigenvalue weighted by Gasteiger charge is 2.68. The Kier molecular flexibility index (Phi) is 4.47. The highest BCUT2D eigenvalue weighted by molar-refractivity contribution is 5.91. The van der Waals surface area contributed by atoms with Crippen molar-refractivity contribution in [3.63, 3.8) is 0 Å². The number of nitrogens with zero attached hydrogens (tertiary/aromatic N) is 5. The molecule has 0 aliphatic carbocycles. The Morgan fingerprint density at radius 1 is 1.15 bits per heavy atom. The van der Waals surface area contributed by atoms with Crippen molar-refractivity contribution in [3.05, 3.63) is 83.2 Å². The zero-order chi connectivity index (χ0) is 23.6. The first kappa shape index (κ1) is 20.7.